The summed E-state index contributed by atoms with van der Waals surface area (Å²) in [6.07, 6.45) is 0. The molecule has 15 aromatic rings. The minimum atomic E-state index is -0.0294. The number of hydrogen-bond donors (Lipinski definition) is 0. The standard InChI is InChI=1S/C52H36N6S2/c1-51(2,3)25-15-17-35-31(19-25)43-45-48(58-38-22-30-28-12-8-10-14-40(28)60-42(30)24-34(38)53-49(58)55(35)45)44-32-20-26(52(4,5)6)16-18-36(32)56-46(44)47(43)57-37-21-29-27-11-7-9-13-39(27)59-41(29)23-33(37)54-50(56)57/h7-24H,1-6H3. The summed E-state index contributed by atoms with van der Waals surface area (Å²) in [6, 6.07) is 41.4. The monoisotopic (exact) mass is 808 g/mol. The average Bonchev–Trinajstić information content (AvgIpc) is 4.09. The van der Waals surface area contributed by atoms with E-state index in [1.807, 2.05) is 22.7 Å². The fourth-order valence-electron chi connectivity index (χ4n) is 10.8. The van der Waals surface area contributed by atoms with E-state index in [2.05, 4.69) is 168 Å². The molecule has 15 rings (SSSR count). The molecule has 7 aromatic carbocycles. The molecule has 0 bridgehead atoms. The third kappa shape index (κ3) is 3.66. The molecule has 0 atom stereocenters. The molecule has 6 nitrogen and oxygen atoms in total. The van der Waals surface area contributed by atoms with Crippen LogP contribution in [0.1, 0.15) is 52.7 Å². The van der Waals surface area contributed by atoms with Crippen LogP contribution in [0.4, 0.5) is 0 Å². The molecule has 0 unspecified atom stereocenters. The van der Waals surface area contributed by atoms with Crippen molar-refractivity contribution >= 4 is 151 Å². The van der Waals surface area contributed by atoms with Crippen molar-refractivity contribution in [2.45, 2.75) is 52.4 Å². The molecule has 0 saturated carbocycles. The summed E-state index contributed by atoms with van der Waals surface area (Å²) < 4.78 is 15.1. The first kappa shape index (κ1) is 32.4. The first-order valence-corrected chi connectivity index (χ1v) is 22.5. The number of aromatic nitrogens is 6. The van der Waals surface area contributed by atoms with E-state index in [-0.39, 0.29) is 10.8 Å². The maximum absolute atomic E-state index is 5.59. The van der Waals surface area contributed by atoms with Gasteiger partial charge in [0, 0.05) is 61.9 Å². The Morgan fingerprint density at radius 2 is 0.783 bits per heavy atom. The van der Waals surface area contributed by atoms with Crippen LogP contribution in [-0.4, -0.2) is 27.6 Å². The van der Waals surface area contributed by atoms with E-state index in [0.29, 0.717) is 0 Å². The number of benzene rings is 7. The van der Waals surface area contributed by atoms with Gasteiger partial charge >= 0.3 is 0 Å². The van der Waals surface area contributed by atoms with E-state index in [1.165, 1.54) is 106 Å². The highest BCUT2D eigenvalue weighted by atomic mass is 32.1. The molecule has 0 spiro atoms. The van der Waals surface area contributed by atoms with E-state index in [4.69, 9.17) is 9.97 Å². The fourth-order valence-corrected chi connectivity index (χ4v) is 13.1. The Bertz CT molecular complexity index is 4150. The number of fused-ring (bicyclic) bond motifs is 24. The number of nitrogens with zero attached hydrogens (tertiary/aromatic N) is 6. The van der Waals surface area contributed by atoms with Crippen molar-refractivity contribution in [2.24, 2.45) is 0 Å². The Morgan fingerprint density at radius 3 is 1.20 bits per heavy atom. The minimum Gasteiger partial charge on any atom is -0.277 e. The Morgan fingerprint density at radius 1 is 0.383 bits per heavy atom. The summed E-state index contributed by atoms with van der Waals surface area (Å²) in [5.74, 6) is 1.92. The van der Waals surface area contributed by atoms with Gasteiger partial charge < -0.3 is 0 Å². The third-order valence-electron chi connectivity index (χ3n) is 13.7. The zero-order valence-electron chi connectivity index (χ0n) is 33.9. The van der Waals surface area contributed by atoms with E-state index in [9.17, 15) is 0 Å². The lowest BCUT2D eigenvalue weighted by molar-refractivity contribution is 0.591. The van der Waals surface area contributed by atoms with Gasteiger partial charge in [-0.05, 0) is 82.6 Å². The summed E-state index contributed by atoms with van der Waals surface area (Å²) in [4.78, 5) is 11.2. The molecule has 60 heavy (non-hydrogen) atoms. The highest BCUT2D eigenvalue weighted by molar-refractivity contribution is 7.26. The second-order valence-electron chi connectivity index (χ2n) is 19.1. The lowest BCUT2D eigenvalue weighted by Gasteiger charge is -2.19. The van der Waals surface area contributed by atoms with Crippen LogP contribution in [0, 0.1) is 0 Å². The quantitative estimate of drug-likeness (QED) is 0.153. The Labute approximate surface area is 349 Å². The maximum atomic E-state index is 5.59. The normalized spacial score (nSPS) is 13.8. The molecular weight excluding hydrogens is 773 g/mol. The van der Waals surface area contributed by atoms with Gasteiger partial charge in [0.1, 0.15) is 0 Å². The van der Waals surface area contributed by atoms with Crippen molar-refractivity contribution in [3.63, 3.8) is 0 Å². The van der Waals surface area contributed by atoms with Gasteiger partial charge in [0.05, 0.1) is 55.2 Å². The minimum absolute atomic E-state index is 0.0294. The van der Waals surface area contributed by atoms with Crippen molar-refractivity contribution in [2.75, 3.05) is 0 Å². The van der Waals surface area contributed by atoms with Crippen LogP contribution in [0.5, 0.6) is 0 Å². The molecular formula is C52H36N6S2. The van der Waals surface area contributed by atoms with Crippen LogP contribution in [-0.2, 0) is 10.8 Å². The van der Waals surface area contributed by atoms with Gasteiger partial charge in [0.15, 0.2) is 0 Å². The van der Waals surface area contributed by atoms with Gasteiger partial charge in [0.25, 0.3) is 0 Å². The van der Waals surface area contributed by atoms with Crippen molar-refractivity contribution in [1.29, 1.82) is 0 Å². The predicted octanol–water partition coefficient (Wildman–Crippen LogP) is 14.6. The first-order valence-electron chi connectivity index (χ1n) is 20.8. The summed E-state index contributed by atoms with van der Waals surface area (Å²) in [5.41, 5.74) is 14.1. The molecule has 0 N–H and O–H groups in total. The van der Waals surface area contributed by atoms with Crippen LogP contribution in [0.2, 0.25) is 0 Å². The van der Waals surface area contributed by atoms with Crippen molar-refractivity contribution in [3.05, 3.63) is 120 Å². The van der Waals surface area contributed by atoms with E-state index in [0.717, 1.165) is 33.6 Å². The molecule has 8 heterocycles. The van der Waals surface area contributed by atoms with Gasteiger partial charge in [-0.1, -0.05) is 90.1 Å². The molecule has 0 radical (unpaired) electrons. The van der Waals surface area contributed by atoms with Gasteiger partial charge in [-0.15, -0.1) is 22.7 Å². The molecule has 0 aliphatic heterocycles. The van der Waals surface area contributed by atoms with Gasteiger partial charge in [0.2, 0.25) is 11.6 Å². The highest BCUT2D eigenvalue weighted by Crippen LogP contribution is 2.51. The van der Waals surface area contributed by atoms with Crippen LogP contribution in [0.25, 0.3) is 129 Å². The van der Waals surface area contributed by atoms with Gasteiger partial charge in [-0.25, -0.2) is 9.97 Å². The lowest BCUT2D eigenvalue weighted by atomic mass is 9.86. The number of imidazole rings is 4. The van der Waals surface area contributed by atoms with E-state index >= 15 is 0 Å². The summed E-state index contributed by atoms with van der Waals surface area (Å²) in [6.45, 7) is 13.9. The fraction of sp³-hybridized carbons (Fsp3) is 0.154. The van der Waals surface area contributed by atoms with Gasteiger partial charge in [-0.3, -0.25) is 17.6 Å². The summed E-state index contributed by atoms with van der Waals surface area (Å²) in [5, 5.41) is 10.2. The summed E-state index contributed by atoms with van der Waals surface area (Å²) >= 11 is 3.71. The third-order valence-corrected chi connectivity index (χ3v) is 16.0. The second-order valence-corrected chi connectivity index (χ2v) is 21.3. The smallest absolute Gasteiger partial charge is 0.220 e. The van der Waals surface area contributed by atoms with Crippen molar-refractivity contribution in [1.82, 2.24) is 27.6 Å². The van der Waals surface area contributed by atoms with Crippen LogP contribution in [0.15, 0.2) is 109 Å². The molecule has 0 saturated heterocycles. The highest BCUT2D eigenvalue weighted by Gasteiger charge is 2.33. The summed E-state index contributed by atoms with van der Waals surface area (Å²) in [7, 11) is 0. The molecule has 8 aromatic heterocycles. The number of thiophene rings is 2. The van der Waals surface area contributed by atoms with Gasteiger partial charge in [-0.2, -0.15) is 0 Å². The first-order chi connectivity index (χ1) is 29.0. The van der Waals surface area contributed by atoms with Crippen LogP contribution < -0.4 is 0 Å². The Hall–Kier alpha value is -6.48. The van der Waals surface area contributed by atoms with E-state index in [1.54, 1.807) is 0 Å². The van der Waals surface area contributed by atoms with Crippen molar-refractivity contribution in [3.8, 4) is 0 Å². The molecule has 0 amide bonds. The Kier molecular flexibility index (Phi) is 5.45. The van der Waals surface area contributed by atoms with E-state index < -0.39 is 0 Å². The zero-order chi connectivity index (χ0) is 39.9. The number of rotatable bonds is 0. The maximum Gasteiger partial charge on any atom is 0.220 e. The van der Waals surface area contributed by atoms with Crippen LogP contribution in [0.3, 0.4) is 0 Å². The average molecular weight is 809 g/mol. The van der Waals surface area contributed by atoms with Crippen LogP contribution >= 0.6 is 22.7 Å². The lowest BCUT2D eigenvalue weighted by Crippen LogP contribution is -2.10. The topological polar surface area (TPSA) is 43.4 Å². The zero-order valence-corrected chi connectivity index (χ0v) is 35.5. The largest absolute Gasteiger partial charge is 0.277 e. The SMILES string of the molecule is CC(C)(C)c1ccc2c(c1)c1c3c4c(c5cc(C(C)(C)C)ccc5n4c4nc5cc6sc7ccccc7c6cc5n34)c3c1n2c1nc2cc4sc5ccccc5c4cc2n31. The molecule has 8 heteroatoms. The van der Waals surface area contributed by atoms with Crippen molar-refractivity contribution < 1.29 is 0 Å². The molecule has 0 aliphatic carbocycles. The predicted molar refractivity (Wildman–Crippen MR) is 256 cm³/mol. The number of hydrogen-bond acceptors (Lipinski definition) is 4. The second kappa shape index (κ2) is 10.1. The molecule has 0 fully saturated rings. The Balaban J connectivity index is 1.25. The molecule has 286 valence electrons. The molecule has 0 aliphatic rings.